The average molecular weight is 332 g/mol. The van der Waals surface area contributed by atoms with Crippen molar-refractivity contribution in [3.8, 4) is 0 Å². The van der Waals surface area contributed by atoms with E-state index < -0.39 is 0 Å². The Balaban J connectivity index is 1.83. The van der Waals surface area contributed by atoms with Crippen molar-refractivity contribution in [2.45, 2.75) is 19.9 Å². The Hall–Kier alpha value is -1.92. The molecule has 1 aromatic rings. The third-order valence-corrected chi connectivity index (χ3v) is 4.54. The SMILES string of the molecule is Cc1ccc(NC(=O)CN(C)C(=O)[C@H](C)N2CCN(C)CC2)cc1. The number of carbonyl (C=O) groups is 2. The van der Waals surface area contributed by atoms with Gasteiger partial charge in [0.05, 0.1) is 12.6 Å². The topological polar surface area (TPSA) is 55.9 Å². The van der Waals surface area contributed by atoms with Gasteiger partial charge in [0.2, 0.25) is 11.8 Å². The maximum absolute atomic E-state index is 12.5. The fourth-order valence-corrected chi connectivity index (χ4v) is 2.82. The number of rotatable bonds is 5. The van der Waals surface area contributed by atoms with Crippen molar-refractivity contribution in [1.82, 2.24) is 14.7 Å². The monoisotopic (exact) mass is 332 g/mol. The van der Waals surface area contributed by atoms with Gasteiger partial charge in [-0.1, -0.05) is 17.7 Å². The fraction of sp³-hybridized carbons (Fsp3) is 0.556. The molecule has 0 bridgehead atoms. The van der Waals surface area contributed by atoms with Gasteiger partial charge in [-0.25, -0.2) is 0 Å². The number of amides is 2. The number of anilines is 1. The van der Waals surface area contributed by atoms with Gasteiger partial charge in [-0.05, 0) is 33.0 Å². The fourth-order valence-electron chi connectivity index (χ4n) is 2.82. The van der Waals surface area contributed by atoms with Crippen molar-refractivity contribution < 1.29 is 9.59 Å². The summed E-state index contributed by atoms with van der Waals surface area (Å²) in [5, 5.41) is 2.83. The number of piperazine rings is 1. The molecule has 24 heavy (non-hydrogen) atoms. The van der Waals surface area contributed by atoms with E-state index in [0.717, 1.165) is 37.4 Å². The van der Waals surface area contributed by atoms with E-state index in [1.165, 1.54) is 4.90 Å². The Kier molecular flexibility index (Phi) is 6.34. The number of hydrogen-bond acceptors (Lipinski definition) is 4. The minimum Gasteiger partial charge on any atom is -0.335 e. The van der Waals surface area contributed by atoms with E-state index in [1.807, 2.05) is 38.1 Å². The highest BCUT2D eigenvalue weighted by Crippen LogP contribution is 2.10. The molecule has 2 amide bonds. The van der Waals surface area contributed by atoms with Crippen LogP contribution in [0.5, 0.6) is 0 Å². The summed E-state index contributed by atoms with van der Waals surface area (Å²) in [5.41, 5.74) is 1.89. The highest BCUT2D eigenvalue weighted by atomic mass is 16.2. The summed E-state index contributed by atoms with van der Waals surface area (Å²) in [7, 11) is 3.77. The van der Waals surface area contributed by atoms with Gasteiger partial charge < -0.3 is 15.1 Å². The van der Waals surface area contributed by atoms with E-state index in [-0.39, 0.29) is 24.4 Å². The van der Waals surface area contributed by atoms with Crippen LogP contribution in [0.2, 0.25) is 0 Å². The quantitative estimate of drug-likeness (QED) is 0.875. The molecule has 6 nitrogen and oxygen atoms in total. The first-order valence-corrected chi connectivity index (χ1v) is 8.41. The number of benzene rings is 1. The predicted molar refractivity (Wildman–Crippen MR) is 96.0 cm³/mol. The van der Waals surface area contributed by atoms with Gasteiger partial charge in [0.25, 0.3) is 0 Å². The molecule has 0 spiro atoms. The van der Waals surface area contributed by atoms with Crippen LogP contribution in [0.4, 0.5) is 5.69 Å². The molecule has 0 saturated carbocycles. The zero-order valence-electron chi connectivity index (χ0n) is 15.1. The van der Waals surface area contributed by atoms with Crippen LogP contribution in [0.1, 0.15) is 12.5 Å². The molecule has 1 fully saturated rings. The number of nitrogens with one attached hydrogen (secondary N) is 1. The van der Waals surface area contributed by atoms with Crippen molar-refractivity contribution in [3.05, 3.63) is 29.8 Å². The molecule has 0 radical (unpaired) electrons. The molecule has 132 valence electrons. The molecule has 1 saturated heterocycles. The van der Waals surface area contributed by atoms with E-state index in [0.29, 0.717) is 0 Å². The van der Waals surface area contributed by atoms with Gasteiger partial charge in [0, 0.05) is 38.9 Å². The number of hydrogen-bond donors (Lipinski definition) is 1. The highest BCUT2D eigenvalue weighted by Gasteiger charge is 2.27. The standard InChI is InChI=1S/C18H28N4O2/c1-14-5-7-16(8-6-14)19-17(23)13-21(4)18(24)15(2)22-11-9-20(3)10-12-22/h5-8,15H,9-13H2,1-4H3,(H,19,23)/t15-/m0/s1. The van der Waals surface area contributed by atoms with Crippen LogP contribution >= 0.6 is 0 Å². The molecule has 6 heteroatoms. The van der Waals surface area contributed by atoms with Gasteiger partial charge in [-0.15, -0.1) is 0 Å². The van der Waals surface area contributed by atoms with E-state index in [4.69, 9.17) is 0 Å². The number of aryl methyl sites for hydroxylation is 1. The van der Waals surface area contributed by atoms with Crippen LogP contribution in [-0.4, -0.2) is 79.4 Å². The van der Waals surface area contributed by atoms with E-state index in [2.05, 4.69) is 22.2 Å². The first kappa shape index (κ1) is 18.4. The smallest absolute Gasteiger partial charge is 0.243 e. The van der Waals surface area contributed by atoms with Crippen molar-refractivity contribution in [1.29, 1.82) is 0 Å². The van der Waals surface area contributed by atoms with Gasteiger partial charge >= 0.3 is 0 Å². The van der Waals surface area contributed by atoms with Gasteiger partial charge in [0.1, 0.15) is 0 Å². The van der Waals surface area contributed by atoms with Crippen molar-refractivity contribution in [3.63, 3.8) is 0 Å². The highest BCUT2D eigenvalue weighted by molar-refractivity contribution is 5.95. The summed E-state index contributed by atoms with van der Waals surface area (Å²) >= 11 is 0. The van der Waals surface area contributed by atoms with Crippen molar-refractivity contribution >= 4 is 17.5 Å². The van der Waals surface area contributed by atoms with E-state index >= 15 is 0 Å². The van der Waals surface area contributed by atoms with Crippen molar-refractivity contribution in [2.24, 2.45) is 0 Å². The summed E-state index contributed by atoms with van der Waals surface area (Å²) in [6.07, 6.45) is 0. The number of likely N-dealkylation sites (N-methyl/N-ethyl adjacent to an activating group) is 2. The first-order valence-electron chi connectivity index (χ1n) is 8.41. The third-order valence-electron chi connectivity index (χ3n) is 4.54. The Morgan fingerprint density at radius 3 is 2.33 bits per heavy atom. The van der Waals surface area contributed by atoms with Gasteiger partial charge in [0.15, 0.2) is 0 Å². The Morgan fingerprint density at radius 2 is 1.75 bits per heavy atom. The maximum atomic E-state index is 12.5. The van der Waals surface area contributed by atoms with Crippen LogP contribution in [0.3, 0.4) is 0 Å². The zero-order valence-corrected chi connectivity index (χ0v) is 15.1. The minimum atomic E-state index is -0.198. The lowest BCUT2D eigenvalue weighted by atomic mass is 10.2. The molecule has 1 atom stereocenters. The Bertz CT molecular complexity index is 565. The molecule has 1 heterocycles. The Labute approximate surface area is 144 Å². The molecule has 1 N–H and O–H groups in total. The van der Waals surface area contributed by atoms with Crippen LogP contribution in [0.25, 0.3) is 0 Å². The first-order chi connectivity index (χ1) is 11.4. The van der Waals surface area contributed by atoms with Crippen LogP contribution in [0, 0.1) is 6.92 Å². The molecular weight excluding hydrogens is 304 g/mol. The maximum Gasteiger partial charge on any atom is 0.243 e. The lowest BCUT2D eigenvalue weighted by Gasteiger charge is -2.36. The third kappa shape index (κ3) is 5.04. The molecule has 1 aliphatic rings. The number of nitrogens with zero attached hydrogens (tertiary/aromatic N) is 3. The molecule has 0 aromatic heterocycles. The summed E-state index contributed by atoms with van der Waals surface area (Å²) < 4.78 is 0. The Morgan fingerprint density at radius 1 is 1.17 bits per heavy atom. The van der Waals surface area contributed by atoms with Gasteiger partial charge in [-0.3, -0.25) is 14.5 Å². The van der Waals surface area contributed by atoms with Crippen LogP contribution in [0.15, 0.2) is 24.3 Å². The predicted octanol–water partition coefficient (Wildman–Crippen LogP) is 1.03. The molecule has 0 aliphatic carbocycles. The van der Waals surface area contributed by atoms with Crippen LogP contribution in [-0.2, 0) is 9.59 Å². The molecule has 1 aromatic carbocycles. The summed E-state index contributed by atoms with van der Waals surface area (Å²) in [6.45, 7) is 7.68. The summed E-state index contributed by atoms with van der Waals surface area (Å²) in [6, 6.07) is 7.42. The summed E-state index contributed by atoms with van der Waals surface area (Å²) in [5.74, 6) is -0.195. The average Bonchev–Trinajstić information content (AvgIpc) is 2.56. The normalized spacial score (nSPS) is 17.3. The lowest BCUT2D eigenvalue weighted by molar-refractivity contribution is -0.138. The molecular formula is C18H28N4O2. The van der Waals surface area contributed by atoms with Gasteiger partial charge in [-0.2, -0.15) is 0 Å². The van der Waals surface area contributed by atoms with E-state index in [9.17, 15) is 9.59 Å². The molecule has 1 aliphatic heterocycles. The summed E-state index contributed by atoms with van der Waals surface area (Å²) in [4.78, 5) is 30.6. The minimum absolute atomic E-state index is 0.0152. The number of carbonyl (C=O) groups excluding carboxylic acids is 2. The second kappa shape index (κ2) is 8.26. The molecule has 2 rings (SSSR count). The second-order valence-corrected chi connectivity index (χ2v) is 6.62. The van der Waals surface area contributed by atoms with Crippen LogP contribution < -0.4 is 5.32 Å². The molecule has 0 unspecified atom stereocenters. The zero-order chi connectivity index (χ0) is 17.7. The largest absolute Gasteiger partial charge is 0.335 e. The van der Waals surface area contributed by atoms with Crippen molar-refractivity contribution in [2.75, 3.05) is 52.1 Å². The lowest BCUT2D eigenvalue weighted by Crippen LogP contribution is -2.53. The second-order valence-electron chi connectivity index (χ2n) is 6.62. The van der Waals surface area contributed by atoms with E-state index in [1.54, 1.807) is 7.05 Å².